The Kier molecular flexibility index (Phi) is 6.19. The van der Waals surface area contributed by atoms with Crippen LogP contribution in [0.25, 0.3) is 11.0 Å². The summed E-state index contributed by atoms with van der Waals surface area (Å²) in [5.41, 5.74) is -0.0505. The van der Waals surface area contributed by atoms with Crippen LogP contribution in [0.3, 0.4) is 0 Å². The fraction of sp³-hybridized carbons (Fsp3) is 0.704. The molecule has 0 spiro atoms. The maximum absolute atomic E-state index is 13.6. The minimum Gasteiger partial charge on any atom is -0.320 e. The summed E-state index contributed by atoms with van der Waals surface area (Å²) in [6.07, 6.45) is 12.2. The Labute approximate surface area is 207 Å². The summed E-state index contributed by atoms with van der Waals surface area (Å²) in [6, 6.07) is 8.30. The van der Waals surface area contributed by atoms with Gasteiger partial charge in [0.1, 0.15) is 0 Å². The Balaban J connectivity index is 1.38. The number of hydrogen-bond donors (Lipinski definition) is 2. The van der Waals surface area contributed by atoms with Gasteiger partial charge >= 0.3 is 7.60 Å². The molecule has 2 aliphatic heterocycles. The number of hydrogen-bond acceptors (Lipinski definition) is 4. The molecule has 6 fully saturated rings. The first-order valence-corrected chi connectivity index (χ1v) is 15.2. The Morgan fingerprint density at radius 2 is 1.69 bits per heavy atom. The van der Waals surface area contributed by atoms with Crippen LogP contribution < -0.4 is 11.0 Å². The zero-order valence-corrected chi connectivity index (χ0v) is 21.5. The summed E-state index contributed by atoms with van der Waals surface area (Å²) in [4.78, 5) is 40.4. The second-order valence-electron chi connectivity index (χ2n) is 12.0. The third-order valence-corrected chi connectivity index (χ3v) is 10.4. The molecule has 2 aromatic rings. The summed E-state index contributed by atoms with van der Waals surface area (Å²) < 4.78 is 13.9. The zero-order valence-electron chi connectivity index (χ0n) is 20.6. The molecule has 0 radical (unpaired) electrons. The van der Waals surface area contributed by atoms with E-state index in [9.17, 15) is 19.1 Å². The van der Waals surface area contributed by atoms with E-state index < -0.39 is 18.6 Å². The second kappa shape index (κ2) is 9.09. The fourth-order valence-electron chi connectivity index (χ4n) is 8.07. The third-order valence-electron chi connectivity index (χ3n) is 9.54. The number of fused-ring (bicyclic) bond motifs is 11. The number of benzene rings is 1. The van der Waals surface area contributed by atoms with Crippen LogP contribution in [0.5, 0.6) is 0 Å². The van der Waals surface area contributed by atoms with Gasteiger partial charge in [-0.25, -0.2) is 4.98 Å². The smallest absolute Gasteiger partial charge is 0.320 e. The van der Waals surface area contributed by atoms with Crippen LogP contribution in [-0.4, -0.2) is 42.9 Å². The zero-order chi connectivity index (χ0) is 24.3. The van der Waals surface area contributed by atoms with Crippen molar-refractivity contribution in [3.8, 4) is 0 Å². The molecule has 1 unspecified atom stereocenters. The molecule has 4 saturated carbocycles. The van der Waals surface area contributed by atoms with Gasteiger partial charge in [0.15, 0.2) is 0 Å². The van der Waals surface area contributed by atoms with Crippen molar-refractivity contribution in [2.45, 2.75) is 89.3 Å². The molecule has 1 aromatic carbocycles. The van der Waals surface area contributed by atoms with Crippen molar-refractivity contribution in [3.05, 3.63) is 34.6 Å². The SMILES string of the molecule is C[C@@H]1C[C@H](N2CC3CCCC[C@H]2C[C@H]3n2c(=O)c(P(=O)(O)O)nc3ccccc32)C[C@H]2C[C@@H](C1)C2. The quantitative estimate of drug-likeness (QED) is 0.614. The first-order valence-electron chi connectivity index (χ1n) is 13.6. The molecule has 5 atom stereocenters. The van der Waals surface area contributed by atoms with Gasteiger partial charge in [-0.05, 0) is 87.2 Å². The molecular weight excluding hydrogens is 461 g/mol. The van der Waals surface area contributed by atoms with E-state index in [0.717, 1.165) is 50.0 Å². The molecule has 8 heteroatoms. The summed E-state index contributed by atoms with van der Waals surface area (Å²) in [7, 11) is -4.78. The highest BCUT2D eigenvalue weighted by Crippen LogP contribution is 2.48. The molecule has 3 heterocycles. The molecule has 35 heavy (non-hydrogen) atoms. The van der Waals surface area contributed by atoms with Crippen LogP contribution in [0.2, 0.25) is 0 Å². The Morgan fingerprint density at radius 1 is 0.943 bits per heavy atom. The monoisotopic (exact) mass is 499 g/mol. The highest BCUT2D eigenvalue weighted by Gasteiger charge is 2.44. The minimum absolute atomic E-state index is 0.0543. The fourth-order valence-corrected chi connectivity index (χ4v) is 8.66. The van der Waals surface area contributed by atoms with Gasteiger partial charge in [0.25, 0.3) is 5.56 Å². The lowest BCUT2D eigenvalue weighted by Gasteiger charge is -2.53. The predicted molar refractivity (Wildman–Crippen MR) is 137 cm³/mol. The van der Waals surface area contributed by atoms with E-state index in [4.69, 9.17) is 0 Å². The molecule has 4 aliphatic carbocycles. The Bertz CT molecular complexity index is 1200. The molecule has 8 rings (SSSR count). The number of para-hydroxylation sites is 2. The number of aromatic nitrogens is 2. The first kappa shape index (κ1) is 23.8. The largest absolute Gasteiger partial charge is 0.380 e. The van der Waals surface area contributed by atoms with Crippen molar-refractivity contribution in [2.24, 2.45) is 23.7 Å². The van der Waals surface area contributed by atoms with Gasteiger partial charge in [0.2, 0.25) is 5.44 Å². The van der Waals surface area contributed by atoms with E-state index in [0.29, 0.717) is 29.0 Å². The Hall–Kier alpha value is -1.53. The minimum atomic E-state index is -4.78. The molecule has 2 saturated heterocycles. The summed E-state index contributed by atoms with van der Waals surface area (Å²) in [6.45, 7) is 3.42. The van der Waals surface area contributed by atoms with E-state index in [1.165, 1.54) is 38.5 Å². The third kappa shape index (κ3) is 4.43. The lowest BCUT2D eigenvalue weighted by Crippen LogP contribution is -2.56. The number of rotatable bonds is 3. The molecular formula is C27H38N3O4P. The van der Waals surface area contributed by atoms with E-state index in [1.807, 2.05) is 12.1 Å². The van der Waals surface area contributed by atoms with Crippen LogP contribution in [0.4, 0.5) is 0 Å². The van der Waals surface area contributed by atoms with Crippen molar-refractivity contribution >= 4 is 24.1 Å². The maximum atomic E-state index is 13.6. The van der Waals surface area contributed by atoms with E-state index in [2.05, 4.69) is 16.8 Å². The topological polar surface area (TPSA) is 95.7 Å². The summed E-state index contributed by atoms with van der Waals surface area (Å²) in [5, 5.41) is 0. The van der Waals surface area contributed by atoms with Crippen LogP contribution >= 0.6 is 7.60 Å². The molecule has 7 nitrogen and oxygen atoms in total. The highest BCUT2D eigenvalue weighted by atomic mass is 31.2. The molecule has 6 aliphatic rings. The summed E-state index contributed by atoms with van der Waals surface area (Å²) >= 11 is 0. The molecule has 0 amide bonds. The predicted octanol–water partition coefficient (Wildman–Crippen LogP) is 4.22. The van der Waals surface area contributed by atoms with Gasteiger partial charge in [0, 0.05) is 24.7 Å². The average Bonchev–Trinajstić information content (AvgIpc) is 2.74. The lowest BCUT2D eigenvalue weighted by molar-refractivity contribution is -0.0236. The average molecular weight is 500 g/mol. The van der Waals surface area contributed by atoms with Crippen molar-refractivity contribution in [1.82, 2.24) is 14.5 Å². The van der Waals surface area contributed by atoms with Gasteiger partial charge in [-0.3, -0.25) is 14.3 Å². The molecule has 4 bridgehead atoms. The number of nitrogens with zero attached hydrogens (tertiary/aromatic N) is 3. The van der Waals surface area contributed by atoms with Crippen molar-refractivity contribution in [1.29, 1.82) is 0 Å². The molecule has 190 valence electrons. The number of piperidine rings is 1. The lowest BCUT2D eigenvalue weighted by atomic mass is 9.64. The van der Waals surface area contributed by atoms with Crippen LogP contribution in [0, 0.1) is 23.7 Å². The van der Waals surface area contributed by atoms with Crippen LogP contribution in [-0.2, 0) is 4.57 Å². The van der Waals surface area contributed by atoms with Crippen LogP contribution in [0.15, 0.2) is 29.1 Å². The van der Waals surface area contributed by atoms with Crippen molar-refractivity contribution in [2.75, 3.05) is 6.54 Å². The van der Waals surface area contributed by atoms with Gasteiger partial charge in [-0.1, -0.05) is 31.9 Å². The standard InChI is InChI=1S/C27H38N3O4P/c1-17-10-18-12-19(13-18)14-22(11-17)29-16-20-6-2-3-7-21(29)15-25(20)30-24-9-5-4-8-23(24)28-26(27(30)31)35(32,33)34/h4-5,8-9,17-22,25H,2-3,6-7,10-16H2,1H3,(H2,32,33,34)/t17-,18-,19+,20?,21-,22-,25+/m0/s1. The van der Waals surface area contributed by atoms with Crippen molar-refractivity contribution in [3.63, 3.8) is 0 Å². The van der Waals surface area contributed by atoms with Gasteiger partial charge in [0.05, 0.1) is 11.0 Å². The van der Waals surface area contributed by atoms with E-state index in [1.54, 1.807) is 16.7 Å². The summed E-state index contributed by atoms with van der Waals surface area (Å²) in [5.74, 6) is 2.91. The molecule has 2 N–H and O–H groups in total. The highest BCUT2D eigenvalue weighted by molar-refractivity contribution is 7.59. The van der Waals surface area contributed by atoms with Gasteiger partial charge in [-0.15, -0.1) is 0 Å². The van der Waals surface area contributed by atoms with E-state index in [-0.39, 0.29) is 6.04 Å². The van der Waals surface area contributed by atoms with E-state index >= 15 is 0 Å². The molecule has 1 aromatic heterocycles. The van der Waals surface area contributed by atoms with Crippen molar-refractivity contribution < 1.29 is 14.4 Å². The normalized spacial score (nSPS) is 36.1. The maximum Gasteiger partial charge on any atom is 0.380 e. The second-order valence-corrected chi connectivity index (χ2v) is 13.5. The van der Waals surface area contributed by atoms with Crippen LogP contribution in [0.1, 0.15) is 77.2 Å². The van der Waals surface area contributed by atoms with Gasteiger partial charge < -0.3 is 14.4 Å². The first-order chi connectivity index (χ1) is 16.8. The Morgan fingerprint density at radius 3 is 2.49 bits per heavy atom. The van der Waals surface area contributed by atoms with Gasteiger partial charge in [-0.2, -0.15) is 0 Å².